The molecule has 2 N–H and O–H groups in total. The molecule has 3 aromatic rings. The quantitative estimate of drug-likeness (QED) is 0.561. The van der Waals surface area contributed by atoms with Gasteiger partial charge in [-0.1, -0.05) is 63.2 Å². The van der Waals surface area contributed by atoms with E-state index in [-0.39, 0.29) is 30.9 Å². The van der Waals surface area contributed by atoms with E-state index < -0.39 is 5.97 Å². The predicted molar refractivity (Wildman–Crippen MR) is 115 cm³/mol. The Bertz CT molecular complexity index is 973. The lowest BCUT2D eigenvalue weighted by molar-refractivity contribution is -0.148. The van der Waals surface area contributed by atoms with Crippen molar-refractivity contribution in [2.75, 3.05) is 6.61 Å². The molecule has 0 aliphatic heterocycles. The Balaban J connectivity index is 1.55. The van der Waals surface area contributed by atoms with Crippen LogP contribution in [-0.2, 0) is 27.2 Å². The van der Waals surface area contributed by atoms with Crippen molar-refractivity contribution in [2.45, 2.75) is 39.7 Å². The summed E-state index contributed by atoms with van der Waals surface area (Å²) in [5.74, 6) is -0.498. The first-order chi connectivity index (χ1) is 14.0. The smallest absolute Gasteiger partial charge is 0.310 e. The highest BCUT2D eigenvalue weighted by Crippen LogP contribution is 2.22. The van der Waals surface area contributed by atoms with Gasteiger partial charge in [-0.25, -0.2) is 0 Å². The Labute approximate surface area is 171 Å². The number of fused-ring (bicyclic) bond motifs is 1. The summed E-state index contributed by atoms with van der Waals surface area (Å²) in [5, 5.41) is 3.98. The second-order valence-corrected chi connectivity index (χ2v) is 7.58. The number of esters is 1. The molecule has 0 radical (unpaired) electrons. The number of benzene rings is 2. The topological polar surface area (TPSA) is 71.2 Å². The third-order valence-corrected chi connectivity index (χ3v) is 5.10. The molecule has 1 atom stereocenters. The molecular weight excluding hydrogens is 364 g/mol. The normalized spacial score (nSPS) is 12.1. The Morgan fingerprint density at radius 3 is 2.48 bits per heavy atom. The minimum atomic E-state index is -0.418. The maximum atomic E-state index is 12.4. The van der Waals surface area contributed by atoms with Crippen LogP contribution in [0.1, 0.15) is 43.5 Å². The lowest BCUT2D eigenvalue weighted by Gasteiger charge is -2.23. The predicted octanol–water partition coefficient (Wildman–Crippen LogP) is 4.33. The van der Waals surface area contributed by atoms with E-state index in [4.69, 9.17) is 4.74 Å². The molecule has 0 saturated carbocycles. The molecule has 1 aromatic heterocycles. The monoisotopic (exact) mass is 392 g/mol. The van der Waals surface area contributed by atoms with Gasteiger partial charge in [0.1, 0.15) is 0 Å². The van der Waals surface area contributed by atoms with Crippen LogP contribution < -0.4 is 5.32 Å². The molecule has 3 rings (SSSR count). The standard InChI is InChI=1S/C24H28N2O3/c1-4-17-9-11-18(12-10-17)24(16(2)3)26-22(27)15-29-23(28)13-19-14-25-21-8-6-5-7-20(19)21/h5-12,14,16,24-25H,4,13,15H2,1-3H3,(H,26,27)/t24-/m1/s1. The van der Waals surface area contributed by atoms with Gasteiger partial charge in [0.15, 0.2) is 6.61 Å². The number of carbonyl (C=O) groups is 2. The van der Waals surface area contributed by atoms with Crippen LogP contribution in [0.3, 0.4) is 0 Å². The van der Waals surface area contributed by atoms with Crippen LogP contribution in [0.2, 0.25) is 0 Å². The zero-order chi connectivity index (χ0) is 20.8. The fraction of sp³-hybridized carbons (Fsp3) is 0.333. The Hall–Kier alpha value is -3.08. The summed E-state index contributed by atoms with van der Waals surface area (Å²) in [7, 11) is 0. The number of amides is 1. The molecule has 5 nitrogen and oxygen atoms in total. The summed E-state index contributed by atoms with van der Waals surface area (Å²) in [4.78, 5) is 27.7. The molecule has 0 spiro atoms. The van der Waals surface area contributed by atoms with Crippen molar-refractivity contribution in [1.82, 2.24) is 10.3 Å². The van der Waals surface area contributed by atoms with E-state index in [1.54, 1.807) is 6.20 Å². The van der Waals surface area contributed by atoms with Gasteiger partial charge >= 0.3 is 5.97 Å². The van der Waals surface area contributed by atoms with Gasteiger partial charge in [0.05, 0.1) is 12.5 Å². The minimum Gasteiger partial charge on any atom is -0.455 e. The summed E-state index contributed by atoms with van der Waals surface area (Å²) in [6.07, 6.45) is 2.91. The lowest BCUT2D eigenvalue weighted by Crippen LogP contribution is -2.35. The number of hydrogen-bond acceptors (Lipinski definition) is 3. The SMILES string of the molecule is CCc1ccc([C@H](NC(=O)COC(=O)Cc2c[nH]c3ccccc23)C(C)C)cc1. The van der Waals surface area contributed by atoms with Crippen LogP contribution >= 0.6 is 0 Å². The number of aryl methyl sites for hydroxylation is 1. The minimum absolute atomic E-state index is 0.124. The van der Waals surface area contributed by atoms with E-state index in [9.17, 15) is 9.59 Å². The maximum Gasteiger partial charge on any atom is 0.310 e. The molecular formula is C24H28N2O3. The summed E-state index contributed by atoms with van der Waals surface area (Å²) in [6.45, 7) is 5.95. The summed E-state index contributed by atoms with van der Waals surface area (Å²) in [6, 6.07) is 15.9. The Morgan fingerprint density at radius 1 is 1.07 bits per heavy atom. The number of aromatic nitrogens is 1. The van der Waals surface area contributed by atoms with Crippen molar-refractivity contribution in [2.24, 2.45) is 5.92 Å². The molecule has 152 valence electrons. The average Bonchev–Trinajstić information content (AvgIpc) is 3.13. The van der Waals surface area contributed by atoms with Crippen LogP contribution in [0.5, 0.6) is 0 Å². The first-order valence-corrected chi connectivity index (χ1v) is 10.1. The number of hydrogen-bond donors (Lipinski definition) is 2. The van der Waals surface area contributed by atoms with Crippen LogP contribution in [0.25, 0.3) is 10.9 Å². The summed E-state index contributed by atoms with van der Waals surface area (Å²) < 4.78 is 5.21. The number of para-hydroxylation sites is 1. The van der Waals surface area contributed by atoms with Gasteiger partial charge in [0.2, 0.25) is 0 Å². The second-order valence-electron chi connectivity index (χ2n) is 7.58. The number of nitrogens with one attached hydrogen (secondary N) is 2. The van der Waals surface area contributed by atoms with E-state index >= 15 is 0 Å². The number of ether oxygens (including phenoxy) is 1. The molecule has 0 aliphatic rings. The molecule has 0 bridgehead atoms. The maximum absolute atomic E-state index is 12.4. The molecule has 0 fully saturated rings. The van der Waals surface area contributed by atoms with Crippen LogP contribution in [-0.4, -0.2) is 23.5 Å². The van der Waals surface area contributed by atoms with E-state index in [2.05, 4.69) is 43.2 Å². The van der Waals surface area contributed by atoms with Crippen molar-refractivity contribution in [3.05, 3.63) is 71.4 Å². The number of H-pyrrole nitrogens is 1. The summed E-state index contributed by atoms with van der Waals surface area (Å²) in [5.41, 5.74) is 4.15. The Morgan fingerprint density at radius 2 is 1.79 bits per heavy atom. The number of rotatable bonds is 8. The van der Waals surface area contributed by atoms with Gasteiger partial charge < -0.3 is 15.0 Å². The summed E-state index contributed by atoms with van der Waals surface area (Å²) >= 11 is 0. The van der Waals surface area contributed by atoms with Crippen LogP contribution in [0.15, 0.2) is 54.7 Å². The third-order valence-electron chi connectivity index (χ3n) is 5.10. The zero-order valence-corrected chi connectivity index (χ0v) is 17.2. The number of carbonyl (C=O) groups excluding carboxylic acids is 2. The molecule has 0 aliphatic carbocycles. The van der Waals surface area contributed by atoms with Crippen molar-refractivity contribution < 1.29 is 14.3 Å². The van der Waals surface area contributed by atoms with Crippen molar-refractivity contribution >= 4 is 22.8 Å². The molecule has 1 amide bonds. The van der Waals surface area contributed by atoms with Crippen LogP contribution in [0.4, 0.5) is 0 Å². The highest BCUT2D eigenvalue weighted by molar-refractivity contribution is 5.88. The zero-order valence-electron chi connectivity index (χ0n) is 17.2. The largest absolute Gasteiger partial charge is 0.455 e. The molecule has 1 heterocycles. The highest BCUT2D eigenvalue weighted by atomic mass is 16.5. The van der Waals surface area contributed by atoms with Gasteiger partial charge in [-0.2, -0.15) is 0 Å². The van der Waals surface area contributed by atoms with E-state index in [1.807, 2.05) is 36.4 Å². The van der Waals surface area contributed by atoms with Crippen LogP contribution in [0, 0.1) is 5.92 Å². The second kappa shape index (κ2) is 9.41. The van der Waals surface area contributed by atoms with Crippen molar-refractivity contribution in [1.29, 1.82) is 0 Å². The average molecular weight is 392 g/mol. The van der Waals surface area contributed by atoms with Crippen molar-refractivity contribution in [3.63, 3.8) is 0 Å². The van der Waals surface area contributed by atoms with E-state index in [0.29, 0.717) is 0 Å². The first kappa shape index (κ1) is 20.6. The molecule has 0 saturated heterocycles. The van der Waals surface area contributed by atoms with Crippen molar-refractivity contribution in [3.8, 4) is 0 Å². The van der Waals surface area contributed by atoms with E-state index in [1.165, 1.54) is 5.56 Å². The lowest BCUT2D eigenvalue weighted by atomic mass is 9.95. The number of aromatic amines is 1. The molecule has 5 heteroatoms. The first-order valence-electron chi connectivity index (χ1n) is 10.1. The molecule has 2 aromatic carbocycles. The van der Waals surface area contributed by atoms with Gasteiger partial charge in [0.25, 0.3) is 5.91 Å². The van der Waals surface area contributed by atoms with Gasteiger partial charge in [-0.15, -0.1) is 0 Å². The van der Waals surface area contributed by atoms with Gasteiger partial charge in [0, 0.05) is 17.1 Å². The van der Waals surface area contributed by atoms with E-state index in [0.717, 1.165) is 28.5 Å². The fourth-order valence-corrected chi connectivity index (χ4v) is 3.44. The van der Waals surface area contributed by atoms with Gasteiger partial charge in [-0.3, -0.25) is 9.59 Å². The fourth-order valence-electron chi connectivity index (χ4n) is 3.44. The molecule has 29 heavy (non-hydrogen) atoms. The highest BCUT2D eigenvalue weighted by Gasteiger charge is 2.19. The molecule has 0 unspecified atom stereocenters. The Kier molecular flexibility index (Phi) is 6.70. The third kappa shape index (κ3) is 5.25. The van der Waals surface area contributed by atoms with Gasteiger partial charge in [-0.05, 0) is 35.1 Å².